The van der Waals surface area contributed by atoms with Crippen LogP contribution in [0.4, 0.5) is 4.39 Å². The van der Waals surface area contributed by atoms with Crippen molar-refractivity contribution in [3.05, 3.63) is 73.1 Å². The number of carbonyl (C=O) groups excluding carboxylic acids is 1. The van der Waals surface area contributed by atoms with E-state index < -0.39 is 0 Å². The summed E-state index contributed by atoms with van der Waals surface area (Å²) in [5.74, 6) is 0.192. The monoisotopic (exact) mass is 382 g/mol. The van der Waals surface area contributed by atoms with Crippen molar-refractivity contribution in [1.82, 2.24) is 20.1 Å². The van der Waals surface area contributed by atoms with Gasteiger partial charge in [-0.05, 0) is 31.2 Å². The summed E-state index contributed by atoms with van der Waals surface area (Å²) in [5.41, 5.74) is 1.60. The van der Waals surface area contributed by atoms with Crippen LogP contribution in [-0.4, -0.2) is 32.5 Å². The molecule has 1 N–H and O–H groups in total. The van der Waals surface area contributed by atoms with Crippen molar-refractivity contribution < 1.29 is 9.18 Å². The maximum atomic E-state index is 13.4. The molecule has 27 heavy (non-hydrogen) atoms. The van der Waals surface area contributed by atoms with Gasteiger partial charge in [-0.1, -0.05) is 48.2 Å². The van der Waals surface area contributed by atoms with Gasteiger partial charge in [0.15, 0.2) is 11.0 Å². The van der Waals surface area contributed by atoms with Gasteiger partial charge in [0.05, 0.1) is 5.25 Å². The zero-order valence-electron chi connectivity index (χ0n) is 14.8. The number of amides is 1. The molecule has 2 aromatic carbocycles. The van der Waals surface area contributed by atoms with Crippen LogP contribution in [0, 0.1) is 5.82 Å². The predicted octanol–water partition coefficient (Wildman–Crippen LogP) is 3.86. The third-order valence-corrected chi connectivity index (χ3v) is 4.86. The molecular formula is C20H19FN4OS. The molecule has 1 unspecified atom stereocenters. The fraction of sp³-hybridized carbons (Fsp3) is 0.150. The molecule has 3 aromatic rings. The zero-order chi connectivity index (χ0) is 19.2. The summed E-state index contributed by atoms with van der Waals surface area (Å²) < 4.78 is 15.2. The van der Waals surface area contributed by atoms with E-state index in [0.717, 1.165) is 11.3 Å². The van der Waals surface area contributed by atoms with Crippen LogP contribution < -0.4 is 5.32 Å². The van der Waals surface area contributed by atoms with Crippen LogP contribution in [0.2, 0.25) is 0 Å². The van der Waals surface area contributed by atoms with E-state index in [4.69, 9.17) is 0 Å². The van der Waals surface area contributed by atoms with Gasteiger partial charge in [-0.25, -0.2) is 4.39 Å². The molecule has 1 atom stereocenters. The third kappa shape index (κ3) is 4.43. The Balaban J connectivity index is 1.99. The van der Waals surface area contributed by atoms with E-state index >= 15 is 0 Å². The Morgan fingerprint density at radius 2 is 1.93 bits per heavy atom. The van der Waals surface area contributed by atoms with Crippen molar-refractivity contribution in [2.45, 2.75) is 17.3 Å². The van der Waals surface area contributed by atoms with Crippen molar-refractivity contribution in [1.29, 1.82) is 0 Å². The van der Waals surface area contributed by atoms with Crippen molar-refractivity contribution in [2.75, 3.05) is 6.54 Å². The van der Waals surface area contributed by atoms with E-state index in [0.29, 0.717) is 17.5 Å². The number of hydrogen-bond acceptors (Lipinski definition) is 4. The van der Waals surface area contributed by atoms with Crippen LogP contribution in [0.1, 0.15) is 6.92 Å². The molecule has 1 aromatic heterocycles. The molecule has 0 spiro atoms. The van der Waals surface area contributed by atoms with Gasteiger partial charge in [-0.15, -0.1) is 16.8 Å². The van der Waals surface area contributed by atoms with E-state index in [9.17, 15) is 9.18 Å². The van der Waals surface area contributed by atoms with Crippen LogP contribution >= 0.6 is 11.8 Å². The van der Waals surface area contributed by atoms with Crippen molar-refractivity contribution >= 4 is 17.7 Å². The first-order chi connectivity index (χ1) is 13.1. The van der Waals surface area contributed by atoms with E-state index in [1.165, 1.54) is 23.9 Å². The van der Waals surface area contributed by atoms with Crippen molar-refractivity contribution in [3.8, 4) is 17.1 Å². The van der Waals surface area contributed by atoms with E-state index in [-0.39, 0.29) is 17.0 Å². The highest BCUT2D eigenvalue weighted by Gasteiger charge is 2.21. The number of thioether (sulfide) groups is 1. The highest BCUT2D eigenvalue weighted by Crippen LogP contribution is 2.30. The fourth-order valence-corrected chi connectivity index (χ4v) is 3.36. The summed E-state index contributed by atoms with van der Waals surface area (Å²) in [5, 5.41) is 11.5. The second-order valence-corrected chi connectivity index (χ2v) is 7.09. The van der Waals surface area contributed by atoms with Crippen LogP contribution in [0.15, 0.2) is 72.4 Å². The van der Waals surface area contributed by atoms with E-state index in [1.54, 1.807) is 25.1 Å². The summed E-state index contributed by atoms with van der Waals surface area (Å²) in [7, 11) is 0. The first kappa shape index (κ1) is 18.8. The maximum absolute atomic E-state index is 13.4. The summed E-state index contributed by atoms with van der Waals surface area (Å²) in [6.45, 7) is 5.80. The SMILES string of the molecule is C=CCNC(=O)C(C)Sc1nnc(-c2ccccc2)n1-c1ccc(F)cc1. The highest BCUT2D eigenvalue weighted by atomic mass is 32.2. The second kappa shape index (κ2) is 8.64. The molecule has 0 aliphatic heterocycles. The largest absolute Gasteiger partial charge is 0.352 e. The molecule has 138 valence electrons. The van der Waals surface area contributed by atoms with Crippen molar-refractivity contribution in [3.63, 3.8) is 0 Å². The van der Waals surface area contributed by atoms with Gasteiger partial charge in [0.1, 0.15) is 5.82 Å². The van der Waals surface area contributed by atoms with Crippen LogP contribution in [0.3, 0.4) is 0 Å². The topological polar surface area (TPSA) is 59.8 Å². The summed E-state index contributed by atoms with van der Waals surface area (Å²) in [4.78, 5) is 12.2. The molecule has 0 aliphatic carbocycles. The van der Waals surface area contributed by atoms with Gasteiger partial charge in [0, 0.05) is 17.8 Å². The average molecular weight is 382 g/mol. The Hall–Kier alpha value is -2.93. The van der Waals surface area contributed by atoms with Gasteiger partial charge in [-0.3, -0.25) is 9.36 Å². The molecule has 0 saturated heterocycles. The number of hydrogen-bond donors (Lipinski definition) is 1. The number of rotatable bonds is 7. The summed E-state index contributed by atoms with van der Waals surface area (Å²) >= 11 is 1.29. The first-order valence-corrected chi connectivity index (χ1v) is 9.30. The molecule has 0 radical (unpaired) electrons. The lowest BCUT2D eigenvalue weighted by atomic mass is 10.2. The Morgan fingerprint density at radius 3 is 2.59 bits per heavy atom. The minimum Gasteiger partial charge on any atom is -0.352 e. The summed E-state index contributed by atoms with van der Waals surface area (Å²) in [6, 6.07) is 15.7. The molecule has 0 saturated carbocycles. The number of aromatic nitrogens is 3. The molecule has 5 nitrogen and oxygen atoms in total. The minimum absolute atomic E-state index is 0.116. The first-order valence-electron chi connectivity index (χ1n) is 8.42. The fourth-order valence-electron chi connectivity index (χ4n) is 2.47. The normalized spacial score (nSPS) is 11.8. The van der Waals surface area contributed by atoms with Crippen LogP contribution in [0.25, 0.3) is 17.1 Å². The standard InChI is InChI=1S/C20H19FN4OS/c1-3-13-22-19(26)14(2)27-20-24-23-18(15-7-5-4-6-8-15)25(20)17-11-9-16(21)10-12-17/h3-12,14H,1,13H2,2H3,(H,22,26). The maximum Gasteiger partial charge on any atom is 0.233 e. The molecule has 0 fully saturated rings. The molecule has 1 heterocycles. The number of halogens is 1. The van der Waals surface area contributed by atoms with Gasteiger partial charge in [-0.2, -0.15) is 0 Å². The van der Waals surface area contributed by atoms with Crippen LogP contribution in [0.5, 0.6) is 0 Å². The van der Waals surface area contributed by atoms with Crippen LogP contribution in [-0.2, 0) is 4.79 Å². The number of benzene rings is 2. The number of nitrogens with one attached hydrogen (secondary N) is 1. The van der Waals surface area contributed by atoms with E-state index in [1.807, 2.05) is 34.9 Å². The molecule has 3 rings (SSSR count). The number of nitrogens with zero attached hydrogens (tertiary/aromatic N) is 3. The highest BCUT2D eigenvalue weighted by molar-refractivity contribution is 8.00. The molecule has 7 heteroatoms. The third-order valence-electron chi connectivity index (χ3n) is 3.82. The molecule has 0 bridgehead atoms. The van der Waals surface area contributed by atoms with Crippen molar-refractivity contribution in [2.24, 2.45) is 0 Å². The smallest absolute Gasteiger partial charge is 0.233 e. The Labute approximate surface area is 161 Å². The number of carbonyl (C=O) groups is 1. The Bertz CT molecular complexity index is 925. The van der Waals surface area contributed by atoms with Gasteiger partial charge >= 0.3 is 0 Å². The quantitative estimate of drug-likeness (QED) is 0.498. The summed E-state index contributed by atoms with van der Waals surface area (Å²) in [6.07, 6.45) is 1.63. The molecule has 1 amide bonds. The lowest BCUT2D eigenvalue weighted by Crippen LogP contribution is -2.31. The Morgan fingerprint density at radius 1 is 1.22 bits per heavy atom. The van der Waals surface area contributed by atoms with Gasteiger partial charge in [0.25, 0.3) is 0 Å². The minimum atomic E-state index is -0.378. The lowest BCUT2D eigenvalue weighted by molar-refractivity contribution is -0.120. The average Bonchev–Trinajstić information content (AvgIpc) is 3.10. The molecule has 0 aliphatic rings. The lowest BCUT2D eigenvalue weighted by Gasteiger charge is -2.13. The van der Waals surface area contributed by atoms with E-state index in [2.05, 4.69) is 22.1 Å². The predicted molar refractivity (Wildman–Crippen MR) is 105 cm³/mol. The van der Waals surface area contributed by atoms with Gasteiger partial charge < -0.3 is 5.32 Å². The molecular weight excluding hydrogens is 363 g/mol. The zero-order valence-corrected chi connectivity index (χ0v) is 15.6. The second-order valence-electron chi connectivity index (χ2n) is 5.78. The van der Waals surface area contributed by atoms with Gasteiger partial charge in [0.2, 0.25) is 5.91 Å². The Kier molecular flexibility index (Phi) is 6.03.